The van der Waals surface area contributed by atoms with Gasteiger partial charge in [-0.25, -0.2) is 0 Å². The van der Waals surface area contributed by atoms with Gasteiger partial charge < -0.3 is 14.9 Å². The minimum atomic E-state index is -1.12. The number of hydrogen-bond donors (Lipinski definition) is 2. The van der Waals surface area contributed by atoms with Crippen LogP contribution in [0.5, 0.6) is 0 Å². The van der Waals surface area contributed by atoms with E-state index in [0.29, 0.717) is 19.3 Å². The molecule has 1 fully saturated rings. The standard InChI is InChI=1S/C14H22O6/c1-8(2)20-14(19)10-5-3-4-9(6-10)11(13(17)18)7-12(15)16/h8-11H,3-7H2,1-2H3,(H,15,16)(H,17,18)/t9-,10+,11?/m0/s1. The second-order valence-electron chi connectivity index (χ2n) is 5.65. The van der Waals surface area contributed by atoms with Gasteiger partial charge in [0.25, 0.3) is 0 Å². The topological polar surface area (TPSA) is 101 Å². The molecular formula is C14H22O6. The minimum Gasteiger partial charge on any atom is -0.481 e. The molecule has 6 nitrogen and oxygen atoms in total. The fourth-order valence-corrected chi connectivity index (χ4v) is 2.78. The van der Waals surface area contributed by atoms with Crippen molar-refractivity contribution in [2.75, 3.05) is 0 Å². The molecule has 2 N–H and O–H groups in total. The number of carbonyl (C=O) groups excluding carboxylic acids is 1. The van der Waals surface area contributed by atoms with Gasteiger partial charge in [-0.15, -0.1) is 0 Å². The van der Waals surface area contributed by atoms with Gasteiger partial charge in [0, 0.05) is 0 Å². The fraction of sp³-hybridized carbons (Fsp3) is 0.786. The average molecular weight is 286 g/mol. The molecule has 0 aliphatic heterocycles. The van der Waals surface area contributed by atoms with Crippen molar-refractivity contribution in [1.82, 2.24) is 0 Å². The highest BCUT2D eigenvalue weighted by Crippen LogP contribution is 2.36. The Morgan fingerprint density at radius 2 is 1.85 bits per heavy atom. The van der Waals surface area contributed by atoms with Crippen molar-refractivity contribution in [3.8, 4) is 0 Å². The summed E-state index contributed by atoms with van der Waals surface area (Å²) in [7, 11) is 0. The lowest BCUT2D eigenvalue weighted by Crippen LogP contribution is -2.33. The van der Waals surface area contributed by atoms with Crippen LogP contribution >= 0.6 is 0 Å². The maximum atomic E-state index is 11.9. The highest BCUT2D eigenvalue weighted by molar-refractivity contribution is 5.78. The Kier molecular flexibility index (Phi) is 5.98. The number of carboxylic acids is 2. The largest absolute Gasteiger partial charge is 0.481 e. The first-order valence-corrected chi connectivity index (χ1v) is 6.96. The molecule has 0 radical (unpaired) electrons. The highest BCUT2D eigenvalue weighted by atomic mass is 16.5. The summed E-state index contributed by atoms with van der Waals surface area (Å²) in [5.74, 6) is -4.04. The third kappa shape index (κ3) is 4.83. The summed E-state index contributed by atoms with van der Waals surface area (Å²) >= 11 is 0. The van der Waals surface area contributed by atoms with E-state index in [9.17, 15) is 14.4 Å². The lowest BCUT2D eigenvalue weighted by molar-refractivity contribution is -0.157. The van der Waals surface area contributed by atoms with Crippen molar-refractivity contribution in [2.45, 2.75) is 52.1 Å². The van der Waals surface area contributed by atoms with E-state index in [2.05, 4.69) is 0 Å². The molecule has 0 aromatic rings. The van der Waals surface area contributed by atoms with Gasteiger partial charge in [-0.2, -0.15) is 0 Å². The summed E-state index contributed by atoms with van der Waals surface area (Å²) in [6.45, 7) is 3.53. The van der Waals surface area contributed by atoms with Gasteiger partial charge in [0.15, 0.2) is 0 Å². The Morgan fingerprint density at radius 3 is 2.35 bits per heavy atom. The molecule has 0 bridgehead atoms. The number of carboxylic acid groups (broad SMARTS) is 2. The summed E-state index contributed by atoms with van der Waals surface area (Å²) in [5.41, 5.74) is 0. The van der Waals surface area contributed by atoms with Crippen LogP contribution in [0.25, 0.3) is 0 Å². The first-order chi connectivity index (χ1) is 9.31. The smallest absolute Gasteiger partial charge is 0.309 e. The molecule has 0 spiro atoms. The normalized spacial score (nSPS) is 24.1. The van der Waals surface area contributed by atoms with Gasteiger partial charge in [-0.05, 0) is 39.0 Å². The van der Waals surface area contributed by atoms with Gasteiger partial charge in [0.05, 0.1) is 24.4 Å². The highest BCUT2D eigenvalue weighted by Gasteiger charge is 2.37. The number of carbonyl (C=O) groups is 3. The molecule has 0 aromatic heterocycles. The molecule has 0 amide bonds. The van der Waals surface area contributed by atoms with E-state index in [1.54, 1.807) is 13.8 Å². The molecular weight excluding hydrogens is 264 g/mol. The van der Waals surface area contributed by atoms with E-state index in [-0.39, 0.29) is 23.9 Å². The zero-order valence-corrected chi connectivity index (χ0v) is 11.9. The van der Waals surface area contributed by atoms with Gasteiger partial charge >= 0.3 is 17.9 Å². The van der Waals surface area contributed by atoms with Crippen LogP contribution in [0.2, 0.25) is 0 Å². The molecule has 1 rings (SSSR count). The van der Waals surface area contributed by atoms with Gasteiger partial charge in [0.2, 0.25) is 0 Å². The monoisotopic (exact) mass is 286 g/mol. The van der Waals surface area contributed by atoms with Crippen molar-refractivity contribution < 1.29 is 29.3 Å². The second kappa shape index (κ2) is 7.26. The molecule has 0 heterocycles. The number of ether oxygens (including phenoxy) is 1. The Bertz CT molecular complexity index is 376. The van der Waals surface area contributed by atoms with Crippen molar-refractivity contribution in [2.24, 2.45) is 17.8 Å². The van der Waals surface area contributed by atoms with Gasteiger partial charge in [-0.1, -0.05) is 6.42 Å². The Morgan fingerprint density at radius 1 is 1.20 bits per heavy atom. The molecule has 20 heavy (non-hydrogen) atoms. The number of aliphatic carboxylic acids is 2. The molecule has 1 unspecified atom stereocenters. The summed E-state index contributed by atoms with van der Waals surface area (Å²) in [4.78, 5) is 33.9. The fourth-order valence-electron chi connectivity index (χ4n) is 2.78. The van der Waals surface area contributed by atoms with E-state index >= 15 is 0 Å². The van der Waals surface area contributed by atoms with E-state index in [4.69, 9.17) is 14.9 Å². The van der Waals surface area contributed by atoms with Crippen LogP contribution < -0.4 is 0 Å². The maximum absolute atomic E-state index is 11.9. The molecule has 1 aliphatic carbocycles. The van der Waals surface area contributed by atoms with E-state index in [1.165, 1.54) is 0 Å². The van der Waals surface area contributed by atoms with Crippen molar-refractivity contribution >= 4 is 17.9 Å². The van der Waals surface area contributed by atoms with E-state index in [0.717, 1.165) is 6.42 Å². The first kappa shape index (κ1) is 16.5. The van der Waals surface area contributed by atoms with Crippen LogP contribution in [0.15, 0.2) is 0 Å². The Balaban J connectivity index is 2.68. The zero-order valence-electron chi connectivity index (χ0n) is 11.9. The van der Waals surface area contributed by atoms with Crippen molar-refractivity contribution in [3.05, 3.63) is 0 Å². The lowest BCUT2D eigenvalue weighted by Gasteiger charge is -2.31. The summed E-state index contributed by atoms with van der Waals surface area (Å²) in [5, 5.41) is 18.0. The van der Waals surface area contributed by atoms with Crippen LogP contribution in [0.1, 0.15) is 46.0 Å². The van der Waals surface area contributed by atoms with Crippen LogP contribution in [0.4, 0.5) is 0 Å². The summed E-state index contributed by atoms with van der Waals surface area (Å²) in [6, 6.07) is 0. The Hall–Kier alpha value is -1.59. The third-order valence-electron chi connectivity index (χ3n) is 3.68. The van der Waals surface area contributed by atoms with Gasteiger partial charge in [-0.3, -0.25) is 14.4 Å². The number of hydrogen-bond acceptors (Lipinski definition) is 4. The number of rotatable bonds is 6. The van der Waals surface area contributed by atoms with Crippen molar-refractivity contribution in [3.63, 3.8) is 0 Å². The van der Waals surface area contributed by atoms with E-state index < -0.39 is 24.3 Å². The molecule has 114 valence electrons. The van der Waals surface area contributed by atoms with Crippen LogP contribution in [0, 0.1) is 17.8 Å². The summed E-state index contributed by atoms with van der Waals surface area (Å²) < 4.78 is 5.16. The lowest BCUT2D eigenvalue weighted by atomic mass is 9.74. The van der Waals surface area contributed by atoms with Gasteiger partial charge in [0.1, 0.15) is 0 Å². The Labute approximate surface area is 118 Å². The predicted molar refractivity (Wildman–Crippen MR) is 70.1 cm³/mol. The van der Waals surface area contributed by atoms with Crippen molar-refractivity contribution in [1.29, 1.82) is 0 Å². The average Bonchev–Trinajstić information content (AvgIpc) is 2.34. The SMILES string of the molecule is CC(C)OC(=O)[C@@H]1CCC[C@H](C(CC(=O)O)C(=O)O)C1. The van der Waals surface area contributed by atoms with Crippen LogP contribution in [0.3, 0.4) is 0 Å². The molecule has 3 atom stereocenters. The molecule has 0 aromatic carbocycles. The quantitative estimate of drug-likeness (QED) is 0.723. The molecule has 6 heteroatoms. The maximum Gasteiger partial charge on any atom is 0.309 e. The third-order valence-corrected chi connectivity index (χ3v) is 3.68. The van der Waals surface area contributed by atoms with Crippen LogP contribution in [-0.2, 0) is 19.1 Å². The van der Waals surface area contributed by atoms with Crippen LogP contribution in [-0.4, -0.2) is 34.2 Å². The molecule has 1 saturated carbocycles. The molecule has 0 saturated heterocycles. The predicted octanol–water partition coefficient (Wildman–Crippen LogP) is 1.92. The molecule has 1 aliphatic rings. The zero-order chi connectivity index (χ0) is 15.3. The second-order valence-corrected chi connectivity index (χ2v) is 5.65. The van der Waals surface area contributed by atoms with E-state index in [1.807, 2.05) is 0 Å². The first-order valence-electron chi connectivity index (χ1n) is 6.96. The summed E-state index contributed by atoms with van der Waals surface area (Å²) in [6.07, 6.45) is 1.86. The number of esters is 1. The minimum absolute atomic E-state index is 0.197.